The summed E-state index contributed by atoms with van der Waals surface area (Å²) in [7, 11) is 0. The maximum Gasteiger partial charge on any atom is 0.223 e. The Labute approximate surface area is 114 Å². The predicted octanol–water partition coefficient (Wildman–Crippen LogP) is 2.88. The number of rotatable bonds is 8. The average Bonchev–Trinajstić information content (AvgIpc) is 2.35. The minimum atomic E-state index is 0.302. The van der Waals surface area contributed by atoms with Crippen LogP contribution in [0.1, 0.15) is 51.6 Å². The van der Waals surface area contributed by atoms with Crippen molar-refractivity contribution in [1.82, 2.24) is 9.97 Å². The maximum atomic E-state index is 5.54. The minimum Gasteiger partial charge on any atom is -0.388 e. The summed E-state index contributed by atoms with van der Waals surface area (Å²) < 4.78 is 0. The molecule has 18 heavy (non-hydrogen) atoms. The quantitative estimate of drug-likeness (QED) is 0.559. The Hall–Kier alpha value is -1.23. The van der Waals surface area contributed by atoms with Gasteiger partial charge in [-0.15, -0.1) is 0 Å². The van der Waals surface area contributed by atoms with Gasteiger partial charge in [0.15, 0.2) is 0 Å². The molecule has 0 fully saturated rings. The summed E-state index contributed by atoms with van der Waals surface area (Å²) in [4.78, 5) is 8.74. The first-order valence-electron chi connectivity index (χ1n) is 6.53. The van der Waals surface area contributed by atoms with Crippen LogP contribution in [0.3, 0.4) is 0 Å². The molecule has 0 bridgehead atoms. The fraction of sp³-hybridized carbons (Fsp3) is 0.615. The number of thiocarbonyl (C=S) groups is 1. The highest BCUT2D eigenvalue weighted by molar-refractivity contribution is 7.80. The molecule has 100 valence electrons. The standard InChI is InChI=1S/C13H22N4S/c1-3-4-5-6-7-10(2)16-13-15-9-8-11(17-13)12(14)18/h8-10H,3-7H2,1-2H3,(H2,14,18)(H,15,16,17). The number of hydrogen-bond acceptors (Lipinski definition) is 4. The number of aromatic nitrogens is 2. The SMILES string of the molecule is CCCCCCC(C)Nc1nccc(C(N)=S)n1. The lowest BCUT2D eigenvalue weighted by Gasteiger charge is -2.13. The van der Waals surface area contributed by atoms with Crippen LogP contribution in [-0.2, 0) is 0 Å². The molecule has 1 aromatic rings. The molecule has 5 heteroatoms. The molecule has 4 nitrogen and oxygen atoms in total. The lowest BCUT2D eigenvalue weighted by Crippen LogP contribution is -2.19. The number of anilines is 1. The second-order valence-electron chi connectivity index (χ2n) is 4.52. The van der Waals surface area contributed by atoms with Crippen LogP contribution >= 0.6 is 12.2 Å². The molecule has 1 rings (SSSR count). The lowest BCUT2D eigenvalue weighted by molar-refractivity contribution is 0.591. The molecule has 0 radical (unpaired) electrons. The Balaban J connectivity index is 2.41. The van der Waals surface area contributed by atoms with Crippen LogP contribution in [0.4, 0.5) is 5.95 Å². The Morgan fingerprint density at radius 3 is 2.89 bits per heavy atom. The number of hydrogen-bond donors (Lipinski definition) is 2. The predicted molar refractivity (Wildman–Crippen MR) is 79.8 cm³/mol. The Morgan fingerprint density at radius 2 is 2.22 bits per heavy atom. The van der Waals surface area contributed by atoms with E-state index in [4.69, 9.17) is 18.0 Å². The van der Waals surface area contributed by atoms with Gasteiger partial charge in [0.1, 0.15) is 10.7 Å². The summed E-state index contributed by atoms with van der Waals surface area (Å²) in [5.74, 6) is 0.600. The van der Waals surface area contributed by atoms with Gasteiger partial charge >= 0.3 is 0 Å². The van der Waals surface area contributed by atoms with Crippen LogP contribution in [0.15, 0.2) is 12.3 Å². The Morgan fingerprint density at radius 1 is 1.44 bits per heavy atom. The van der Waals surface area contributed by atoms with E-state index in [1.54, 1.807) is 12.3 Å². The van der Waals surface area contributed by atoms with Gasteiger partial charge < -0.3 is 11.1 Å². The van der Waals surface area contributed by atoms with Gasteiger partial charge in [0.25, 0.3) is 0 Å². The summed E-state index contributed by atoms with van der Waals surface area (Å²) in [5, 5.41) is 3.28. The van der Waals surface area contributed by atoms with E-state index in [2.05, 4.69) is 29.1 Å². The van der Waals surface area contributed by atoms with Crippen molar-refractivity contribution in [1.29, 1.82) is 0 Å². The van der Waals surface area contributed by atoms with Gasteiger partial charge in [0.2, 0.25) is 5.95 Å². The van der Waals surface area contributed by atoms with E-state index in [9.17, 15) is 0 Å². The first kappa shape index (κ1) is 14.8. The zero-order valence-electron chi connectivity index (χ0n) is 11.1. The van der Waals surface area contributed by atoms with Gasteiger partial charge in [-0.2, -0.15) is 0 Å². The van der Waals surface area contributed by atoms with Crippen LogP contribution in [0.5, 0.6) is 0 Å². The molecule has 3 N–H and O–H groups in total. The van der Waals surface area contributed by atoms with Crippen LogP contribution in [-0.4, -0.2) is 21.0 Å². The first-order chi connectivity index (χ1) is 8.63. The molecule has 1 aromatic heterocycles. The van der Waals surface area contributed by atoms with Crippen LogP contribution < -0.4 is 11.1 Å². The fourth-order valence-electron chi connectivity index (χ4n) is 1.74. The van der Waals surface area contributed by atoms with Crippen LogP contribution in [0.2, 0.25) is 0 Å². The van der Waals surface area contributed by atoms with Gasteiger partial charge in [0.05, 0.1) is 0 Å². The number of nitrogens with zero attached hydrogens (tertiary/aromatic N) is 2. The molecule has 0 aliphatic rings. The maximum absolute atomic E-state index is 5.54. The number of nitrogens with two attached hydrogens (primary N) is 1. The molecule has 1 unspecified atom stereocenters. The molecular formula is C13H22N4S. The fourth-order valence-corrected chi connectivity index (χ4v) is 1.85. The molecule has 0 amide bonds. The van der Waals surface area contributed by atoms with Gasteiger partial charge in [-0.25, -0.2) is 9.97 Å². The normalized spacial score (nSPS) is 12.1. The van der Waals surface area contributed by atoms with E-state index in [1.807, 2.05) is 0 Å². The minimum absolute atomic E-state index is 0.302. The van der Waals surface area contributed by atoms with Crippen molar-refractivity contribution in [3.05, 3.63) is 18.0 Å². The zero-order chi connectivity index (χ0) is 13.4. The highest BCUT2D eigenvalue weighted by Crippen LogP contribution is 2.09. The van der Waals surface area contributed by atoms with E-state index in [0.29, 0.717) is 22.7 Å². The lowest BCUT2D eigenvalue weighted by atomic mass is 10.1. The summed E-state index contributed by atoms with van der Waals surface area (Å²) in [5.41, 5.74) is 6.15. The highest BCUT2D eigenvalue weighted by Gasteiger charge is 2.05. The molecule has 1 atom stereocenters. The number of nitrogens with one attached hydrogen (secondary N) is 1. The largest absolute Gasteiger partial charge is 0.388 e. The van der Waals surface area contributed by atoms with Crippen LogP contribution in [0.25, 0.3) is 0 Å². The van der Waals surface area contributed by atoms with Crippen molar-refractivity contribution < 1.29 is 0 Å². The molecular weight excluding hydrogens is 244 g/mol. The third-order valence-corrected chi connectivity index (χ3v) is 2.98. The van der Waals surface area contributed by atoms with Gasteiger partial charge in [-0.05, 0) is 19.4 Å². The third-order valence-electron chi connectivity index (χ3n) is 2.77. The van der Waals surface area contributed by atoms with Gasteiger partial charge in [0, 0.05) is 12.2 Å². The Kier molecular flexibility index (Phi) is 6.57. The van der Waals surface area contributed by atoms with Crippen molar-refractivity contribution in [3.8, 4) is 0 Å². The molecule has 0 aliphatic heterocycles. The highest BCUT2D eigenvalue weighted by atomic mass is 32.1. The Bertz CT molecular complexity index is 381. The zero-order valence-corrected chi connectivity index (χ0v) is 12.0. The summed E-state index contributed by atoms with van der Waals surface area (Å²) >= 11 is 4.89. The number of unbranched alkanes of at least 4 members (excludes halogenated alkanes) is 3. The average molecular weight is 266 g/mol. The molecule has 1 heterocycles. The molecule has 0 aliphatic carbocycles. The van der Waals surface area contributed by atoms with E-state index in [1.165, 1.54) is 25.7 Å². The van der Waals surface area contributed by atoms with Crippen molar-refractivity contribution in [2.75, 3.05) is 5.32 Å². The molecule has 0 spiro atoms. The smallest absolute Gasteiger partial charge is 0.223 e. The van der Waals surface area contributed by atoms with Gasteiger partial charge in [-0.1, -0.05) is 44.8 Å². The molecule has 0 saturated heterocycles. The second kappa shape index (κ2) is 7.97. The monoisotopic (exact) mass is 266 g/mol. The van der Waals surface area contributed by atoms with Crippen molar-refractivity contribution in [2.45, 2.75) is 52.0 Å². The van der Waals surface area contributed by atoms with Crippen molar-refractivity contribution >= 4 is 23.2 Å². The van der Waals surface area contributed by atoms with E-state index >= 15 is 0 Å². The van der Waals surface area contributed by atoms with Crippen molar-refractivity contribution in [3.63, 3.8) is 0 Å². The summed E-state index contributed by atoms with van der Waals surface area (Å²) in [6.45, 7) is 4.36. The topological polar surface area (TPSA) is 63.8 Å². The van der Waals surface area contributed by atoms with Crippen molar-refractivity contribution in [2.24, 2.45) is 5.73 Å². The third kappa shape index (κ3) is 5.40. The van der Waals surface area contributed by atoms with E-state index in [0.717, 1.165) is 6.42 Å². The summed E-state index contributed by atoms with van der Waals surface area (Å²) in [6, 6.07) is 2.09. The summed E-state index contributed by atoms with van der Waals surface area (Å²) in [6.07, 6.45) is 7.89. The molecule has 0 aromatic carbocycles. The van der Waals surface area contributed by atoms with E-state index in [-0.39, 0.29) is 0 Å². The van der Waals surface area contributed by atoms with Gasteiger partial charge in [-0.3, -0.25) is 0 Å². The first-order valence-corrected chi connectivity index (χ1v) is 6.93. The van der Waals surface area contributed by atoms with E-state index < -0.39 is 0 Å². The molecule has 0 saturated carbocycles. The van der Waals surface area contributed by atoms with Crippen LogP contribution in [0, 0.1) is 0 Å². The second-order valence-corrected chi connectivity index (χ2v) is 4.96.